The molecule has 1 aliphatic rings. The minimum absolute atomic E-state index is 0.115. The van der Waals surface area contributed by atoms with E-state index in [9.17, 15) is 13.2 Å². The molecule has 168 valence electrons. The predicted octanol–water partition coefficient (Wildman–Crippen LogP) is 3.06. The van der Waals surface area contributed by atoms with Gasteiger partial charge in [0.15, 0.2) is 0 Å². The fourth-order valence-electron chi connectivity index (χ4n) is 3.60. The molecular weight excluding hydrogens is 432 g/mol. The highest BCUT2D eigenvalue weighted by molar-refractivity contribution is 8.00. The summed E-state index contributed by atoms with van der Waals surface area (Å²) in [5.74, 6) is -0.115. The molecule has 1 aromatic carbocycles. The molecule has 0 saturated carbocycles. The van der Waals surface area contributed by atoms with Crippen LogP contribution in [0.2, 0.25) is 0 Å². The van der Waals surface area contributed by atoms with Crippen molar-refractivity contribution in [1.82, 2.24) is 14.2 Å². The fourth-order valence-corrected chi connectivity index (χ4v) is 5.76. The zero-order chi connectivity index (χ0) is 22.8. The van der Waals surface area contributed by atoms with Gasteiger partial charge in [0.05, 0.1) is 10.3 Å². The summed E-state index contributed by atoms with van der Waals surface area (Å²) in [4.78, 5) is 19.3. The van der Waals surface area contributed by atoms with Crippen LogP contribution in [0.4, 0.5) is 5.69 Å². The number of anilines is 1. The smallest absolute Gasteiger partial charge is 0.244 e. The van der Waals surface area contributed by atoms with Crippen molar-refractivity contribution in [2.75, 3.05) is 38.5 Å². The van der Waals surface area contributed by atoms with Crippen molar-refractivity contribution in [2.24, 2.45) is 0 Å². The van der Waals surface area contributed by atoms with E-state index in [4.69, 9.17) is 0 Å². The van der Waals surface area contributed by atoms with Crippen molar-refractivity contribution in [3.63, 3.8) is 0 Å². The first-order chi connectivity index (χ1) is 14.6. The Bertz CT molecular complexity index is 1020. The molecule has 0 aliphatic carbocycles. The highest BCUT2D eigenvalue weighted by Crippen LogP contribution is 2.27. The van der Waals surface area contributed by atoms with Gasteiger partial charge in [0.2, 0.25) is 15.9 Å². The molecule has 1 saturated heterocycles. The van der Waals surface area contributed by atoms with E-state index in [-0.39, 0.29) is 16.1 Å². The molecule has 1 N–H and O–H groups in total. The molecule has 2 aromatic rings. The normalized spacial score (nSPS) is 16.8. The van der Waals surface area contributed by atoms with Gasteiger partial charge in [-0.25, -0.2) is 13.4 Å². The minimum Gasteiger partial charge on any atom is -0.325 e. The van der Waals surface area contributed by atoms with E-state index >= 15 is 0 Å². The van der Waals surface area contributed by atoms with Crippen LogP contribution in [0.3, 0.4) is 0 Å². The lowest BCUT2D eigenvalue weighted by Crippen LogP contribution is -2.47. The van der Waals surface area contributed by atoms with Crippen LogP contribution in [0, 0.1) is 20.8 Å². The van der Waals surface area contributed by atoms with E-state index in [1.807, 2.05) is 46.9 Å². The van der Waals surface area contributed by atoms with E-state index in [2.05, 4.69) is 15.2 Å². The Hall–Kier alpha value is -1.94. The number of hydrogen-bond donors (Lipinski definition) is 1. The molecule has 2 heterocycles. The maximum atomic E-state index is 12.8. The van der Waals surface area contributed by atoms with Gasteiger partial charge in [-0.2, -0.15) is 4.31 Å². The van der Waals surface area contributed by atoms with Crippen LogP contribution in [0.5, 0.6) is 0 Å². The van der Waals surface area contributed by atoms with Gasteiger partial charge in [-0.05, 0) is 58.0 Å². The summed E-state index contributed by atoms with van der Waals surface area (Å²) in [6.07, 6.45) is 1.38. The summed E-state index contributed by atoms with van der Waals surface area (Å²) in [7, 11) is -1.56. The number of rotatable bonds is 6. The Balaban J connectivity index is 1.65. The third-order valence-electron chi connectivity index (χ3n) is 5.40. The van der Waals surface area contributed by atoms with Gasteiger partial charge in [-0.15, -0.1) is 0 Å². The summed E-state index contributed by atoms with van der Waals surface area (Å²) < 4.78 is 27.1. The van der Waals surface area contributed by atoms with Gasteiger partial charge in [0.1, 0.15) is 4.90 Å². The second-order valence-electron chi connectivity index (χ2n) is 8.06. The number of hydrogen-bond acceptors (Lipinski definition) is 6. The molecule has 0 bridgehead atoms. The van der Waals surface area contributed by atoms with Crippen molar-refractivity contribution in [2.45, 2.75) is 42.9 Å². The Labute approximate surface area is 189 Å². The number of benzene rings is 1. The number of thioether (sulfide) groups is 1. The Morgan fingerprint density at radius 3 is 2.26 bits per heavy atom. The van der Waals surface area contributed by atoms with E-state index in [1.165, 1.54) is 22.3 Å². The van der Waals surface area contributed by atoms with Crippen molar-refractivity contribution in [3.8, 4) is 0 Å². The van der Waals surface area contributed by atoms with Gasteiger partial charge < -0.3 is 10.2 Å². The Morgan fingerprint density at radius 1 is 1.10 bits per heavy atom. The molecule has 0 radical (unpaired) electrons. The van der Waals surface area contributed by atoms with Crippen LogP contribution < -0.4 is 5.32 Å². The van der Waals surface area contributed by atoms with Crippen molar-refractivity contribution in [1.29, 1.82) is 0 Å². The van der Waals surface area contributed by atoms with Gasteiger partial charge in [-0.3, -0.25) is 4.79 Å². The molecule has 0 unspecified atom stereocenters. The number of nitrogens with zero attached hydrogens (tertiary/aromatic N) is 3. The number of carbonyl (C=O) groups is 1. The average molecular weight is 463 g/mol. The predicted molar refractivity (Wildman–Crippen MR) is 125 cm³/mol. The molecule has 1 amide bonds. The molecule has 3 rings (SSSR count). The summed E-state index contributed by atoms with van der Waals surface area (Å²) in [6.45, 7) is 10.2. The largest absolute Gasteiger partial charge is 0.325 e. The monoisotopic (exact) mass is 462 g/mol. The van der Waals surface area contributed by atoms with E-state index in [1.54, 1.807) is 12.1 Å². The Kier molecular flexibility index (Phi) is 7.41. The van der Waals surface area contributed by atoms with Gasteiger partial charge in [0.25, 0.3) is 0 Å². The van der Waals surface area contributed by atoms with E-state index < -0.39 is 10.0 Å². The van der Waals surface area contributed by atoms with Gasteiger partial charge >= 0.3 is 0 Å². The third-order valence-corrected chi connectivity index (χ3v) is 8.33. The third kappa shape index (κ3) is 5.65. The molecule has 0 spiro atoms. The molecular formula is C22H30N4O3S2. The number of sulfonamides is 1. The number of aryl methyl sites for hydroxylation is 3. The number of amides is 1. The summed E-state index contributed by atoms with van der Waals surface area (Å²) >= 11 is 1.30. The van der Waals surface area contributed by atoms with E-state index in [0.717, 1.165) is 22.4 Å². The maximum absolute atomic E-state index is 12.8. The molecule has 1 fully saturated rings. The highest BCUT2D eigenvalue weighted by Gasteiger charge is 2.28. The Morgan fingerprint density at radius 2 is 1.71 bits per heavy atom. The number of aromatic nitrogens is 1. The van der Waals surface area contributed by atoms with Crippen LogP contribution >= 0.6 is 11.8 Å². The van der Waals surface area contributed by atoms with Crippen molar-refractivity contribution < 1.29 is 13.2 Å². The second kappa shape index (κ2) is 9.68. The van der Waals surface area contributed by atoms with Gasteiger partial charge in [-0.1, -0.05) is 29.5 Å². The average Bonchev–Trinajstić information content (AvgIpc) is 2.71. The number of piperazine rings is 1. The second-order valence-corrected chi connectivity index (χ2v) is 11.4. The summed E-state index contributed by atoms with van der Waals surface area (Å²) in [5, 5.41) is 3.24. The maximum Gasteiger partial charge on any atom is 0.244 e. The number of carbonyl (C=O) groups excluding carboxylic acids is 1. The van der Waals surface area contributed by atoms with Crippen LogP contribution in [0.1, 0.15) is 23.6 Å². The molecule has 31 heavy (non-hydrogen) atoms. The first-order valence-electron chi connectivity index (χ1n) is 10.3. The quantitative estimate of drug-likeness (QED) is 0.665. The van der Waals surface area contributed by atoms with Crippen LogP contribution in [-0.2, 0) is 14.8 Å². The zero-order valence-electron chi connectivity index (χ0n) is 18.7. The SMILES string of the molecule is Cc1cc(C)c(NC(=O)[C@H](C)Sc2ccc(S(=O)(=O)N3CCN(C)CC3)cn2)c(C)c1. The molecule has 9 heteroatoms. The minimum atomic E-state index is -3.55. The number of likely N-dealkylation sites (N-methyl/N-ethyl adjacent to an activating group) is 1. The topological polar surface area (TPSA) is 82.6 Å². The lowest BCUT2D eigenvalue weighted by atomic mass is 10.1. The highest BCUT2D eigenvalue weighted by atomic mass is 32.2. The van der Waals surface area contributed by atoms with Gasteiger partial charge in [0, 0.05) is 38.1 Å². The first kappa shape index (κ1) is 23.7. The van der Waals surface area contributed by atoms with Crippen molar-refractivity contribution in [3.05, 3.63) is 47.2 Å². The summed E-state index contributed by atoms with van der Waals surface area (Å²) in [5.41, 5.74) is 4.05. The fraction of sp³-hybridized carbons (Fsp3) is 0.455. The van der Waals surface area contributed by atoms with Crippen LogP contribution in [0.15, 0.2) is 40.4 Å². The molecule has 7 nitrogen and oxygen atoms in total. The zero-order valence-corrected chi connectivity index (χ0v) is 20.3. The van der Waals surface area contributed by atoms with Crippen molar-refractivity contribution >= 4 is 33.4 Å². The standard InChI is InChI=1S/C22H30N4O3S2/c1-15-12-16(2)21(17(3)13-15)24-22(27)18(4)30-20-7-6-19(14-23-20)31(28,29)26-10-8-25(5)9-11-26/h6-7,12-14,18H,8-11H2,1-5H3,(H,24,27)/t18-/m0/s1. The van der Waals surface area contributed by atoms with Crippen LogP contribution in [-0.4, -0.2) is 67.0 Å². The summed E-state index contributed by atoms with van der Waals surface area (Å²) in [6, 6.07) is 7.32. The van der Waals surface area contributed by atoms with E-state index in [0.29, 0.717) is 31.2 Å². The van der Waals surface area contributed by atoms with Crippen LogP contribution in [0.25, 0.3) is 0 Å². The molecule has 1 aliphatic heterocycles. The number of nitrogens with one attached hydrogen (secondary N) is 1. The number of pyridine rings is 1. The molecule has 1 aromatic heterocycles. The lowest BCUT2D eigenvalue weighted by molar-refractivity contribution is -0.115. The first-order valence-corrected chi connectivity index (χ1v) is 12.6. The molecule has 1 atom stereocenters. The lowest BCUT2D eigenvalue weighted by Gasteiger charge is -2.31.